The predicted octanol–water partition coefficient (Wildman–Crippen LogP) is 2.44. The molecule has 0 bridgehead atoms. The van der Waals surface area contributed by atoms with Crippen LogP contribution in [0, 0.1) is 0 Å². The molecule has 0 aliphatic heterocycles. The van der Waals surface area contributed by atoms with Gasteiger partial charge in [0.25, 0.3) is 0 Å². The number of hydrogen-bond donors (Lipinski definition) is 0. The van der Waals surface area contributed by atoms with Gasteiger partial charge in [-0.25, -0.2) is 8.61 Å². The van der Waals surface area contributed by atoms with Gasteiger partial charge in [-0.3, -0.25) is 0 Å². The Balaban J connectivity index is 4.01. The SMILES string of the molecule is CN(C)S(I)(I)N(C)C. The first-order chi connectivity index (χ1) is 3.89. The van der Waals surface area contributed by atoms with Crippen molar-refractivity contribution < 1.29 is 0 Å². The van der Waals surface area contributed by atoms with Gasteiger partial charge in [0.2, 0.25) is 0 Å². The normalized spacial score (nSPS) is 15.1. The van der Waals surface area contributed by atoms with E-state index in [0.29, 0.717) is 0 Å². The molecule has 0 saturated carbocycles. The molecule has 0 amide bonds. The van der Waals surface area contributed by atoms with E-state index < -0.39 is 4.74 Å². The maximum atomic E-state index is 2.48. The highest BCUT2D eigenvalue weighted by atomic mass is 127. The third-order valence-corrected chi connectivity index (χ3v) is 12.1. The molecular weight excluding hydrogens is 362 g/mol. The van der Waals surface area contributed by atoms with Crippen molar-refractivity contribution in [1.29, 1.82) is 0 Å². The van der Waals surface area contributed by atoms with Crippen LogP contribution >= 0.6 is 47.2 Å². The molecule has 0 rings (SSSR count). The second kappa shape index (κ2) is 3.93. The van der Waals surface area contributed by atoms with Crippen molar-refractivity contribution in [2.75, 3.05) is 28.2 Å². The number of nitrogens with zero attached hydrogens (tertiary/aromatic N) is 2. The molecule has 0 aromatic rings. The lowest BCUT2D eigenvalue weighted by atomic mass is 11.3. The smallest absolute Gasteiger partial charge is 0.0168 e. The van der Waals surface area contributed by atoms with Gasteiger partial charge >= 0.3 is 0 Å². The van der Waals surface area contributed by atoms with E-state index in [4.69, 9.17) is 0 Å². The Morgan fingerprint density at radius 2 is 1.11 bits per heavy atom. The van der Waals surface area contributed by atoms with Gasteiger partial charge in [-0.1, -0.05) is 0 Å². The summed E-state index contributed by atoms with van der Waals surface area (Å²) < 4.78 is 3.78. The van der Waals surface area contributed by atoms with E-state index in [1.807, 2.05) is 0 Å². The van der Waals surface area contributed by atoms with Crippen molar-refractivity contribution in [3.8, 4) is 0 Å². The van der Waals surface area contributed by atoms with Crippen molar-refractivity contribution in [2.45, 2.75) is 0 Å². The van der Waals surface area contributed by atoms with Gasteiger partial charge in [-0.05, 0) is 32.9 Å². The van der Waals surface area contributed by atoms with Crippen molar-refractivity contribution in [2.24, 2.45) is 0 Å². The minimum Gasteiger partial charge on any atom is -0.247 e. The number of rotatable bonds is 2. The van der Waals surface area contributed by atoms with Crippen molar-refractivity contribution in [1.82, 2.24) is 8.61 Å². The summed E-state index contributed by atoms with van der Waals surface area (Å²) in [5, 5.41) is 0. The Hall–Kier alpha value is 1.73. The molecule has 0 atom stereocenters. The zero-order valence-corrected chi connectivity index (χ0v) is 11.2. The molecule has 2 nitrogen and oxygen atoms in total. The van der Waals surface area contributed by atoms with Crippen molar-refractivity contribution in [3.05, 3.63) is 0 Å². The van der Waals surface area contributed by atoms with Crippen LogP contribution in [0.4, 0.5) is 0 Å². The Kier molecular flexibility index (Phi) is 4.69. The largest absolute Gasteiger partial charge is 0.247 e. The lowest BCUT2D eigenvalue weighted by molar-refractivity contribution is 0.613. The van der Waals surface area contributed by atoms with Crippen molar-refractivity contribution in [3.63, 3.8) is 0 Å². The van der Waals surface area contributed by atoms with E-state index >= 15 is 0 Å². The molecule has 0 aromatic heterocycles. The summed E-state index contributed by atoms with van der Waals surface area (Å²) in [6.07, 6.45) is 0. The van der Waals surface area contributed by atoms with E-state index in [0.717, 1.165) is 0 Å². The summed E-state index contributed by atoms with van der Waals surface area (Å²) in [7, 11) is 8.42. The van der Waals surface area contributed by atoms with Crippen LogP contribution < -0.4 is 0 Å². The second-order valence-corrected chi connectivity index (χ2v) is 16.8. The average Bonchev–Trinajstić information content (AvgIpc) is 1.65. The van der Waals surface area contributed by atoms with Crippen molar-refractivity contribution >= 4 is 47.2 Å². The van der Waals surface area contributed by atoms with Crippen LogP contribution in [0.5, 0.6) is 0 Å². The summed E-state index contributed by atoms with van der Waals surface area (Å²) in [6, 6.07) is 0. The zero-order chi connectivity index (χ0) is 7.65. The summed E-state index contributed by atoms with van der Waals surface area (Å²) >= 11 is 4.96. The first-order valence-electron chi connectivity index (χ1n) is 2.46. The molecule has 0 aliphatic rings. The van der Waals surface area contributed by atoms with E-state index in [1.165, 1.54) is 0 Å². The molecule has 0 spiro atoms. The molecule has 0 aliphatic carbocycles. The topological polar surface area (TPSA) is 6.48 Å². The zero-order valence-electron chi connectivity index (χ0n) is 6.06. The quantitative estimate of drug-likeness (QED) is 0.686. The molecule has 0 aromatic carbocycles. The maximum absolute atomic E-state index is 2.48. The third kappa shape index (κ3) is 3.08. The van der Waals surface area contributed by atoms with Crippen LogP contribution in [0.2, 0.25) is 0 Å². The fourth-order valence-corrected chi connectivity index (χ4v) is 0.980. The van der Waals surface area contributed by atoms with Gasteiger partial charge in [-0.15, -0.1) is 0 Å². The van der Waals surface area contributed by atoms with Gasteiger partial charge in [0, 0.05) is 42.4 Å². The first-order valence-corrected chi connectivity index (χ1v) is 9.09. The molecule has 0 fully saturated rings. The Morgan fingerprint density at radius 1 is 0.889 bits per heavy atom. The van der Waals surface area contributed by atoms with E-state index in [-0.39, 0.29) is 0 Å². The Labute approximate surface area is 83.1 Å². The second-order valence-electron chi connectivity index (χ2n) is 2.04. The van der Waals surface area contributed by atoms with E-state index in [2.05, 4.69) is 79.2 Å². The van der Waals surface area contributed by atoms with Gasteiger partial charge < -0.3 is 0 Å². The number of hydrogen-bond acceptors (Lipinski definition) is 2. The fraction of sp³-hybridized carbons (Fsp3) is 1.00. The standard InChI is InChI=1S/C4H12I2N2S/c1-7(2)9(5,6)8(3)4/h1-4H3. The molecule has 5 heteroatoms. The van der Waals surface area contributed by atoms with Gasteiger partial charge in [0.05, 0.1) is 0 Å². The highest BCUT2D eigenvalue weighted by Crippen LogP contribution is 2.66. The fourth-order valence-electron chi connectivity index (χ4n) is 0.327. The summed E-state index contributed by atoms with van der Waals surface area (Å²) in [6.45, 7) is 0. The molecule has 58 valence electrons. The van der Waals surface area contributed by atoms with Crippen LogP contribution in [0.25, 0.3) is 0 Å². The lowest BCUT2D eigenvalue weighted by Gasteiger charge is -2.39. The highest BCUT2D eigenvalue weighted by Gasteiger charge is 2.20. The van der Waals surface area contributed by atoms with Crippen LogP contribution in [-0.2, 0) is 0 Å². The molecule has 0 unspecified atom stereocenters. The van der Waals surface area contributed by atoms with Gasteiger partial charge in [-0.2, -0.15) is 0 Å². The molecule has 0 radical (unpaired) electrons. The van der Waals surface area contributed by atoms with E-state index in [9.17, 15) is 0 Å². The third-order valence-electron chi connectivity index (χ3n) is 0.879. The van der Waals surface area contributed by atoms with Gasteiger partial charge in [0.15, 0.2) is 0 Å². The predicted molar refractivity (Wildman–Crippen MR) is 63.0 cm³/mol. The minimum absolute atomic E-state index is 0.708. The van der Waals surface area contributed by atoms with E-state index in [1.54, 1.807) is 0 Å². The lowest BCUT2D eigenvalue weighted by Crippen LogP contribution is -2.21. The number of halogens is 2. The first kappa shape index (κ1) is 10.7. The average molecular weight is 374 g/mol. The minimum atomic E-state index is -0.708. The summed E-state index contributed by atoms with van der Waals surface area (Å²) in [4.78, 5) is 0. The molecule has 0 heterocycles. The summed E-state index contributed by atoms with van der Waals surface area (Å²) in [5.74, 6) is 0. The molecule has 0 N–H and O–H groups in total. The molecule has 0 saturated heterocycles. The van der Waals surface area contributed by atoms with Crippen LogP contribution in [0.1, 0.15) is 0 Å². The van der Waals surface area contributed by atoms with Gasteiger partial charge in [0.1, 0.15) is 0 Å². The summed E-state index contributed by atoms with van der Waals surface area (Å²) in [5.41, 5.74) is 0. The van der Waals surface area contributed by atoms with Crippen LogP contribution in [-0.4, -0.2) is 36.8 Å². The molecule has 9 heavy (non-hydrogen) atoms. The maximum Gasteiger partial charge on any atom is 0.0168 e. The highest BCUT2D eigenvalue weighted by molar-refractivity contribution is 14.3. The van der Waals surface area contributed by atoms with Crippen LogP contribution in [0.15, 0.2) is 0 Å². The van der Waals surface area contributed by atoms with Crippen LogP contribution in [0.3, 0.4) is 0 Å². The molecular formula is C4H12I2N2S. The Bertz CT molecular complexity index is 84.6. The Morgan fingerprint density at radius 3 is 1.11 bits per heavy atom. The monoisotopic (exact) mass is 374 g/mol.